The number of aryl methyl sites for hydroxylation is 2. The molecule has 3 aromatic heterocycles. The summed E-state index contributed by atoms with van der Waals surface area (Å²) in [5, 5.41) is 0. The van der Waals surface area contributed by atoms with Gasteiger partial charge in [-0.2, -0.15) is 0 Å². The van der Waals surface area contributed by atoms with Crippen molar-refractivity contribution in [3.8, 4) is 16.9 Å². The highest BCUT2D eigenvalue weighted by molar-refractivity contribution is 5.82. The van der Waals surface area contributed by atoms with Crippen LogP contribution >= 0.6 is 0 Å². The van der Waals surface area contributed by atoms with Crippen molar-refractivity contribution in [3.05, 3.63) is 108 Å². The standard InChI is InChI=1S/C27H24N4O/c1-19-5-3-6-20(2)24(19)17-31-26-15-22(21-10-13-28-14-11-21)8-9-25(26)30-27(31)18-32-23-7-4-12-29-16-23/h3-16H,17-18H2,1-2H3. The fourth-order valence-corrected chi connectivity index (χ4v) is 4.02. The molecule has 5 heteroatoms. The molecule has 0 atom stereocenters. The van der Waals surface area contributed by atoms with Crippen LogP contribution in [0.5, 0.6) is 5.75 Å². The van der Waals surface area contributed by atoms with Crippen LogP contribution in [-0.4, -0.2) is 19.5 Å². The molecule has 0 N–H and O–H groups in total. The third-order valence-corrected chi connectivity index (χ3v) is 5.80. The van der Waals surface area contributed by atoms with E-state index in [0.29, 0.717) is 6.61 Å². The van der Waals surface area contributed by atoms with Crippen molar-refractivity contribution in [3.63, 3.8) is 0 Å². The predicted octanol–water partition coefficient (Wildman–Crippen LogP) is 5.74. The molecule has 5 rings (SSSR count). The Labute approximate surface area is 187 Å². The predicted molar refractivity (Wildman–Crippen MR) is 127 cm³/mol. The van der Waals surface area contributed by atoms with Crippen molar-refractivity contribution in [2.24, 2.45) is 0 Å². The van der Waals surface area contributed by atoms with E-state index in [-0.39, 0.29) is 0 Å². The van der Waals surface area contributed by atoms with E-state index in [1.54, 1.807) is 12.4 Å². The van der Waals surface area contributed by atoms with Crippen LogP contribution in [0.1, 0.15) is 22.5 Å². The first-order valence-corrected chi connectivity index (χ1v) is 10.7. The Morgan fingerprint density at radius 2 is 1.62 bits per heavy atom. The van der Waals surface area contributed by atoms with E-state index in [0.717, 1.165) is 40.3 Å². The van der Waals surface area contributed by atoms with E-state index in [1.807, 2.05) is 36.7 Å². The number of hydrogen-bond acceptors (Lipinski definition) is 4. The van der Waals surface area contributed by atoms with Crippen molar-refractivity contribution >= 4 is 11.0 Å². The summed E-state index contributed by atoms with van der Waals surface area (Å²) in [4.78, 5) is 13.2. The van der Waals surface area contributed by atoms with Crippen molar-refractivity contribution in [2.75, 3.05) is 0 Å². The van der Waals surface area contributed by atoms with E-state index >= 15 is 0 Å². The molecule has 0 aliphatic heterocycles. The highest BCUT2D eigenvalue weighted by Gasteiger charge is 2.15. The normalized spacial score (nSPS) is 11.1. The molecule has 158 valence electrons. The van der Waals surface area contributed by atoms with Gasteiger partial charge in [0.25, 0.3) is 0 Å². The van der Waals surface area contributed by atoms with Crippen molar-refractivity contribution in [1.29, 1.82) is 0 Å². The average Bonchev–Trinajstić information content (AvgIpc) is 3.18. The van der Waals surface area contributed by atoms with Crippen LogP contribution in [0.2, 0.25) is 0 Å². The Morgan fingerprint density at radius 3 is 2.38 bits per heavy atom. The monoisotopic (exact) mass is 420 g/mol. The van der Waals surface area contributed by atoms with Gasteiger partial charge in [-0.15, -0.1) is 0 Å². The first-order valence-electron chi connectivity index (χ1n) is 10.7. The number of rotatable bonds is 6. The number of fused-ring (bicyclic) bond motifs is 1. The second kappa shape index (κ2) is 8.63. The number of aromatic nitrogens is 4. The second-order valence-corrected chi connectivity index (χ2v) is 7.90. The zero-order valence-corrected chi connectivity index (χ0v) is 18.2. The minimum Gasteiger partial charge on any atom is -0.484 e. The minimum absolute atomic E-state index is 0.371. The lowest BCUT2D eigenvalue weighted by Gasteiger charge is -2.15. The third-order valence-electron chi connectivity index (χ3n) is 5.80. The number of imidazole rings is 1. The lowest BCUT2D eigenvalue weighted by molar-refractivity contribution is 0.290. The molecule has 0 radical (unpaired) electrons. The third kappa shape index (κ3) is 3.97. The molecule has 0 amide bonds. The molecule has 0 saturated carbocycles. The molecule has 0 spiro atoms. The highest BCUT2D eigenvalue weighted by atomic mass is 16.5. The van der Waals surface area contributed by atoms with E-state index in [2.05, 4.69) is 64.8 Å². The van der Waals surface area contributed by atoms with Crippen molar-refractivity contribution in [2.45, 2.75) is 27.0 Å². The molecule has 0 bridgehead atoms. The van der Waals surface area contributed by atoms with Gasteiger partial charge in [0, 0.05) is 25.1 Å². The number of pyridine rings is 2. The Bertz CT molecular complexity index is 1340. The molecule has 0 aliphatic rings. The molecule has 32 heavy (non-hydrogen) atoms. The smallest absolute Gasteiger partial charge is 0.148 e. The highest BCUT2D eigenvalue weighted by Crippen LogP contribution is 2.27. The maximum Gasteiger partial charge on any atom is 0.148 e. The topological polar surface area (TPSA) is 52.8 Å². The molecule has 5 aromatic rings. The summed E-state index contributed by atoms with van der Waals surface area (Å²) in [5.74, 6) is 1.62. The van der Waals surface area contributed by atoms with Gasteiger partial charge in [-0.3, -0.25) is 9.97 Å². The van der Waals surface area contributed by atoms with E-state index < -0.39 is 0 Å². The minimum atomic E-state index is 0.371. The van der Waals surface area contributed by atoms with Gasteiger partial charge in [-0.05, 0) is 78.1 Å². The molecule has 0 saturated heterocycles. The summed E-state index contributed by atoms with van der Waals surface area (Å²) in [7, 11) is 0. The van der Waals surface area contributed by atoms with E-state index in [1.165, 1.54) is 16.7 Å². The van der Waals surface area contributed by atoms with Gasteiger partial charge in [0.2, 0.25) is 0 Å². The lowest BCUT2D eigenvalue weighted by atomic mass is 10.0. The molecule has 5 nitrogen and oxygen atoms in total. The van der Waals surface area contributed by atoms with Crippen LogP contribution in [0.25, 0.3) is 22.2 Å². The Balaban J connectivity index is 1.60. The first-order chi connectivity index (χ1) is 15.7. The van der Waals surface area contributed by atoms with Gasteiger partial charge in [-0.1, -0.05) is 24.3 Å². The summed E-state index contributed by atoms with van der Waals surface area (Å²) in [6, 6.07) is 20.7. The van der Waals surface area contributed by atoms with Crippen LogP contribution in [0.3, 0.4) is 0 Å². The van der Waals surface area contributed by atoms with Crippen LogP contribution in [-0.2, 0) is 13.2 Å². The molecular weight excluding hydrogens is 396 g/mol. The van der Waals surface area contributed by atoms with Gasteiger partial charge in [0.15, 0.2) is 0 Å². The van der Waals surface area contributed by atoms with Crippen LogP contribution in [0.15, 0.2) is 85.5 Å². The summed E-state index contributed by atoms with van der Waals surface area (Å²) < 4.78 is 8.29. The molecule has 0 aliphatic carbocycles. The van der Waals surface area contributed by atoms with E-state index in [4.69, 9.17) is 9.72 Å². The summed E-state index contributed by atoms with van der Waals surface area (Å²) in [6.45, 7) is 5.43. The van der Waals surface area contributed by atoms with Crippen molar-refractivity contribution in [1.82, 2.24) is 19.5 Å². The molecular formula is C27H24N4O. The lowest BCUT2D eigenvalue weighted by Crippen LogP contribution is -2.10. The Hall–Kier alpha value is -3.99. The molecule has 2 aromatic carbocycles. The maximum absolute atomic E-state index is 6.02. The number of hydrogen-bond donors (Lipinski definition) is 0. The average molecular weight is 421 g/mol. The zero-order valence-electron chi connectivity index (χ0n) is 18.2. The van der Waals surface area contributed by atoms with Gasteiger partial charge >= 0.3 is 0 Å². The fraction of sp³-hybridized carbons (Fsp3) is 0.148. The first kappa shape index (κ1) is 19.9. The van der Waals surface area contributed by atoms with Crippen LogP contribution < -0.4 is 4.74 Å². The summed E-state index contributed by atoms with van der Waals surface area (Å²) >= 11 is 0. The Kier molecular flexibility index (Phi) is 5.38. The molecule has 3 heterocycles. The second-order valence-electron chi connectivity index (χ2n) is 7.90. The fourth-order valence-electron chi connectivity index (χ4n) is 4.02. The summed E-state index contributed by atoms with van der Waals surface area (Å²) in [6.07, 6.45) is 7.10. The number of ether oxygens (including phenoxy) is 1. The van der Waals surface area contributed by atoms with Gasteiger partial charge in [-0.25, -0.2) is 4.98 Å². The van der Waals surface area contributed by atoms with Gasteiger partial charge in [0.05, 0.1) is 17.2 Å². The van der Waals surface area contributed by atoms with Crippen LogP contribution in [0.4, 0.5) is 0 Å². The molecule has 0 unspecified atom stereocenters. The van der Waals surface area contributed by atoms with Gasteiger partial charge in [0.1, 0.15) is 18.2 Å². The SMILES string of the molecule is Cc1cccc(C)c1Cn1c(COc2cccnc2)nc2ccc(-c3ccncc3)cc21. The van der Waals surface area contributed by atoms with E-state index in [9.17, 15) is 0 Å². The van der Waals surface area contributed by atoms with Gasteiger partial charge < -0.3 is 9.30 Å². The molecule has 0 fully saturated rings. The van der Waals surface area contributed by atoms with Crippen molar-refractivity contribution < 1.29 is 4.74 Å². The largest absolute Gasteiger partial charge is 0.484 e. The quantitative estimate of drug-likeness (QED) is 0.352. The number of benzene rings is 2. The maximum atomic E-state index is 6.02. The summed E-state index contributed by atoms with van der Waals surface area (Å²) in [5.41, 5.74) is 8.18. The van der Waals surface area contributed by atoms with Crippen LogP contribution in [0, 0.1) is 13.8 Å². The Morgan fingerprint density at radius 1 is 0.812 bits per heavy atom. The zero-order chi connectivity index (χ0) is 21.9. The number of nitrogens with zero attached hydrogens (tertiary/aromatic N) is 4.